The minimum atomic E-state index is -1.40. The van der Waals surface area contributed by atoms with Gasteiger partial charge in [0.1, 0.15) is 0 Å². The summed E-state index contributed by atoms with van der Waals surface area (Å²) in [5, 5.41) is 25.2. The molecule has 0 spiro atoms. The molecule has 0 rings (SSSR count). The van der Waals surface area contributed by atoms with Crippen LogP contribution in [-0.4, -0.2) is 27.6 Å². The predicted molar refractivity (Wildman–Crippen MR) is 34.3 cm³/mol. The standard InChI is InChI=1S/C6H12O4/c1-4(6(9)10)2-3-5(7)8/h4,6,9-10H,2-3H2,1H3,(H,7,8). The fraction of sp³-hybridized carbons (Fsp3) is 0.833. The highest BCUT2D eigenvalue weighted by Gasteiger charge is 2.11. The van der Waals surface area contributed by atoms with E-state index in [0.717, 1.165) is 0 Å². The van der Waals surface area contributed by atoms with Crippen molar-refractivity contribution in [3.05, 3.63) is 0 Å². The van der Waals surface area contributed by atoms with Crippen molar-refractivity contribution in [2.24, 2.45) is 5.92 Å². The Kier molecular flexibility index (Phi) is 3.99. The third-order valence-corrected chi connectivity index (χ3v) is 1.32. The predicted octanol–water partition coefficient (Wildman–Crippen LogP) is -0.202. The van der Waals surface area contributed by atoms with E-state index in [1.165, 1.54) is 0 Å². The van der Waals surface area contributed by atoms with E-state index in [0.29, 0.717) is 6.42 Å². The van der Waals surface area contributed by atoms with E-state index in [9.17, 15) is 4.79 Å². The van der Waals surface area contributed by atoms with Crippen molar-refractivity contribution in [2.45, 2.75) is 26.1 Å². The number of hydrogen-bond acceptors (Lipinski definition) is 3. The monoisotopic (exact) mass is 148 g/mol. The summed E-state index contributed by atoms with van der Waals surface area (Å²) >= 11 is 0. The molecule has 4 nitrogen and oxygen atoms in total. The largest absolute Gasteiger partial charge is 0.481 e. The van der Waals surface area contributed by atoms with E-state index in [2.05, 4.69) is 0 Å². The molecule has 10 heavy (non-hydrogen) atoms. The summed E-state index contributed by atoms with van der Waals surface area (Å²) < 4.78 is 0. The summed E-state index contributed by atoms with van der Waals surface area (Å²) in [5.41, 5.74) is 0. The number of carbonyl (C=O) groups is 1. The number of carboxylic acids is 1. The van der Waals surface area contributed by atoms with Crippen LogP contribution in [0.15, 0.2) is 0 Å². The molecule has 60 valence electrons. The number of aliphatic hydroxyl groups excluding tert-OH is 1. The van der Waals surface area contributed by atoms with Gasteiger partial charge in [-0.25, -0.2) is 0 Å². The second-order valence-corrected chi connectivity index (χ2v) is 2.32. The van der Waals surface area contributed by atoms with E-state index >= 15 is 0 Å². The maximum absolute atomic E-state index is 9.96. The maximum atomic E-state index is 9.96. The highest BCUT2D eigenvalue weighted by Crippen LogP contribution is 2.07. The smallest absolute Gasteiger partial charge is 0.303 e. The number of aliphatic carboxylic acids is 1. The van der Waals surface area contributed by atoms with E-state index in [-0.39, 0.29) is 12.3 Å². The molecular formula is C6H12O4. The lowest BCUT2D eigenvalue weighted by Crippen LogP contribution is -2.17. The van der Waals surface area contributed by atoms with Crippen LogP contribution in [0.3, 0.4) is 0 Å². The number of carboxylic acid groups (broad SMARTS) is 1. The molecule has 1 unspecified atom stereocenters. The molecule has 0 saturated heterocycles. The molecule has 0 aliphatic rings. The van der Waals surface area contributed by atoms with Gasteiger partial charge in [-0.15, -0.1) is 0 Å². The van der Waals surface area contributed by atoms with E-state index in [1.54, 1.807) is 6.92 Å². The molecule has 1 atom stereocenters. The summed E-state index contributed by atoms with van der Waals surface area (Å²) in [7, 11) is 0. The summed E-state index contributed by atoms with van der Waals surface area (Å²) in [5.74, 6) is -1.27. The van der Waals surface area contributed by atoms with Gasteiger partial charge in [-0.3, -0.25) is 4.79 Å². The zero-order valence-corrected chi connectivity index (χ0v) is 5.82. The fourth-order valence-corrected chi connectivity index (χ4v) is 0.500. The Balaban J connectivity index is 3.39. The van der Waals surface area contributed by atoms with Crippen LogP contribution in [0.1, 0.15) is 19.8 Å². The van der Waals surface area contributed by atoms with Crippen LogP contribution < -0.4 is 0 Å². The minimum absolute atomic E-state index is 0.0151. The molecular weight excluding hydrogens is 136 g/mol. The van der Waals surface area contributed by atoms with Crippen molar-refractivity contribution in [1.29, 1.82) is 0 Å². The lowest BCUT2D eigenvalue weighted by molar-refractivity contribution is -0.138. The van der Waals surface area contributed by atoms with Crippen molar-refractivity contribution in [3.63, 3.8) is 0 Å². The van der Waals surface area contributed by atoms with Crippen molar-refractivity contribution >= 4 is 5.97 Å². The highest BCUT2D eigenvalue weighted by atomic mass is 16.5. The Hall–Kier alpha value is -0.610. The second-order valence-electron chi connectivity index (χ2n) is 2.32. The van der Waals surface area contributed by atoms with Crippen LogP contribution >= 0.6 is 0 Å². The third-order valence-electron chi connectivity index (χ3n) is 1.32. The van der Waals surface area contributed by atoms with Crippen molar-refractivity contribution in [3.8, 4) is 0 Å². The van der Waals surface area contributed by atoms with Gasteiger partial charge in [0.05, 0.1) is 0 Å². The Labute approximate surface area is 59.1 Å². The first kappa shape index (κ1) is 9.39. The Bertz CT molecular complexity index is 110. The number of hydrogen-bond donors (Lipinski definition) is 3. The SMILES string of the molecule is CC(CCC(=O)O)C(O)O. The fourth-order valence-electron chi connectivity index (χ4n) is 0.500. The van der Waals surface area contributed by atoms with E-state index in [1.807, 2.05) is 0 Å². The molecule has 0 aromatic rings. The Morgan fingerprint density at radius 1 is 1.50 bits per heavy atom. The van der Waals surface area contributed by atoms with Crippen LogP contribution in [0, 0.1) is 5.92 Å². The normalized spacial score (nSPS) is 13.6. The molecule has 0 aliphatic heterocycles. The molecule has 0 bridgehead atoms. The van der Waals surface area contributed by atoms with Gasteiger partial charge < -0.3 is 15.3 Å². The zero-order chi connectivity index (χ0) is 8.15. The van der Waals surface area contributed by atoms with E-state index < -0.39 is 12.3 Å². The van der Waals surface area contributed by atoms with Gasteiger partial charge in [0, 0.05) is 12.3 Å². The van der Waals surface area contributed by atoms with Gasteiger partial charge in [0.25, 0.3) is 0 Å². The van der Waals surface area contributed by atoms with Crippen molar-refractivity contribution < 1.29 is 20.1 Å². The average Bonchev–Trinajstić information content (AvgIpc) is 1.82. The topological polar surface area (TPSA) is 77.8 Å². The lowest BCUT2D eigenvalue weighted by atomic mass is 10.1. The highest BCUT2D eigenvalue weighted by molar-refractivity contribution is 5.66. The van der Waals surface area contributed by atoms with Gasteiger partial charge in [-0.05, 0) is 6.42 Å². The van der Waals surface area contributed by atoms with Crippen LogP contribution in [0.5, 0.6) is 0 Å². The zero-order valence-electron chi connectivity index (χ0n) is 5.82. The third kappa shape index (κ3) is 4.29. The molecule has 0 saturated carbocycles. The van der Waals surface area contributed by atoms with Gasteiger partial charge in [-0.2, -0.15) is 0 Å². The second kappa shape index (κ2) is 4.24. The first-order valence-electron chi connectivity index (χ1n) is 3.12. The summed E-state index contributed by atoms with van der Waals surface area (Å²) in [6.45, 7) is 1.59. The van der Waals surface area contributed by atoms with Crippen LogP contribution in [0.4, 0.5) is 0 Å². The molecule has 0 aromatic heterocycles. The van der Waals surface area contributed by atoms with Crippen LogP contribution in [0.25, 0.3) is 0 Å². The first-order valence-corrected chi connectivity index (χ1v) is 3.12. The molecule has 0 fully saturated rings. The molecule has 0 heterocycles. The molecule has 3 N–H and O–H groups in total. The Morgan fingerprint density at radius 2 is 2.00 bits per heavy atom. The Morgan fingerprint density at radius 3 is 2.30 bits per heavy atom. The molecule has 0 amide bonds. The van der Waals surface area contributed by atoms with Gasteiger partial charge in [-0.1, -0.05) is 6.92 Å². The van der Waals surface area contributed by atoms with Crippen molar-refractivity contribution in [2.75, 3.05) is 0 Å². The lowest BCUT2D eigenvalue weighted by Gasteiger charge is -2.10. The van der Waals surface area contributed by atoms with Gasteiger partial charge >= 0.3 is 5.97 Å². The summed E-state index contributed by atoms with van der Waals surface area (Å²) in [6, 6.07) is 0. The van der Waals surface area contributed by atoms with Crippen molar-refractivity contribution in [1.82, 2.24) is 0 Å². The summed E-state index contributed by atoms with van der Waals surface area (Å²) in [4.78, 5) is 9.96. The average molecular weight is 148 g/mol. The van der Waals surface area contributed by atoms with Crippen LogP contribution in [0.2, 0.25) is 0 Å². The van der Waals surface area contributed by atoms with Gasteiger partial charge in [0.15, 0.2) is 6.29 Å². The summed E-state index contributed by atoms with van der Waals surface area (Å²) in [6.07, 6.45) is -1.12. The molecule has 0 radical (unpaired) electrons. The molecule has 4 heteroatoms. The van der Waals surface area contributed by atoms with E-state index in [4.69, 9.17) is 15.3 Å². The first-order chi connectivity index (χ1) is 4.54. The van der Waals surface area contributed by atoms with Gasteiger partial charge in [0.2, 0.25) is 0 Å². The quantitative estimate of drug-likeness (QED) is 0.482. The molecule has 0 aromatic carbocycles. The maximum Gasteiger partial charge on any atom is 0.303 e. The number of aliphatic hydroxyl groups is 2. The molecule has 0 aliphatic carbocycles. The minimum Gasteiger partial charge on any atom is -0.481 e. The number of rotatable bonds is 4. The van der Waals surface area contributed by atoms with Crippen LogP contribution in [-0.2, 0) is 4.79 Å².